The zero-order valence-electron chi connectivity index (χ0n) is 10.3. The third-order valence-corrected chi connectivity index (χ3v) is 2.92. The smallest absolute Gasteiger partial charge is 0.276 e. The van der Waals surface area contributed by atoms with Gasteiger partial charge in [0, 0.05) is 13.1 Å². The van der Waals surface area contributed by atoms with E-state index in [9.17, 15) is 14.9 Å². The number of nitrogens with one attached hydrogen (secondary N) is 1. The molecule has 1 amide bonds. The van der Waals surface area contributed by atoms with Crippen LogP contribution in [-0.2, 0) is 4.79 Å². The first kappa shape index (κ1) is 13.1. The van der Waals surface area contributed by atoms with E-state index in [2.05, 4.69) is 10.3 Å². The number of nitro groups is 1. The normalized spacial score (nSPS) is 14.4. The fourth-order valence-electron chi connectivity index (χ4n) is 1.98. The Balaban J connectivity index is 1.98. The number of nitrogen functional groups attached to an aromatic ring is 1. The van der Waals surface area contributed by atoms with Crippen molar-refractivity contribution in [3.63, 3.8) is 0 Å². The Bertz CT molecular complexity index is 499. The van der Waals surface area contributed by atoms with Crippen molar-refractivity contribution in [3.05, 3.63) is 22.2 Å². The molecular weight excluding hydrogens is 250 g/mol. The van der Waals surface area contributed by atoms with Crippen molar-refractivity contribution in [3.8, 4) is 0 Å². The third kappa shape index (κ3) is 3.30. The summed E-state index contributed by atoms with van der Waals surface area (Å²) in [6, 6.07) is 2.43. The van der Waals surface area contributed by atoms with Gasteiger partial charge in [-0.2, -0.15) is 0 Å². The average Bonchev–Trinajstić information content (AvgIpc) is 2.89. The highest BCUT2D eigenvalue weighted by molar-refractivity contribution is 5.81. The van der Waals surface area contributed by atoms with Crippen LogP contribution in [0.25, 0.3) is 0 Å². The van der Waals surface area contributed by atoms with Gasteiger partial charge in [0.1, 0.15) is 11.6 Å². The van der Waals surface area contributed by atoms with E-state index in [-0.39, 0.29) is 29.8 Å². The second-order valence-corrected chi connectivity index (χ2v) is 4.33. The molecule has 3 N–H and O–H groups in total. The van der Waals surface area contributed by atoms with Crippen LogP contribution in [0, 0.1) is 10.1 Å². The Labute approximate surface area is 109 Å². The number of hydrogen-bond acceptors (Lipinski definition) is 6. The van der Waals surface area contributed by atoms with E-state index in [0.717, 1.165) is 25.9 Å². The molecule has 0 bridgehead atoms. The summed E-state index contributed by atoms with van der Waals surface area (Å²) < 4.78 is 0. The molecular formula is C11H15N5O3. The van der Waals surface area contributed by atoms with Crippen molar-refractivity contribution < 1.29 is 9.72 Å². The minimum Gasteiger partial charge on any atom is -0.383 e. The lowest BCUT2D eigenvalue weighted by atomic mass is 10.3. The molecule has 1 aliphatic heterocycles. The number of amides is 1. The molecule has 8 heteroatoms. The van der Waals surface area contributed by atoms with Gasteiger partial charge in [0.05, 0.1) is 23.6 Å². The number of anilines is 2. The maximum absolute atomic E-state index is 11.8. The molecule has 19 heavy (non-hydrogen) atoms. The maximum Gasteiger partial charge on any atom is 0.276 e. The summed E-state index contributed by atoms with van der Waals surface area (Å²) in [4.78, 5) is 27.6. The van der Waals surface area contributed by atoms with Crippen molar-refractivity contribution in [2.24, 2.45) is 0 Å². The lowest BCUT2D eigenvalue weighted by molar-refractivity contribution is -0.384. The summed E-state index contributed by atoms with van der Waals surface area (Å²) in [7, 11) is 0. The molecule has 0 saturated carbocycles. The zero-order chi connectivity index (χ0) is 13.8. The molecule has 102 valence electrons. The molecule has 1 aromatic heterocycles. The van der Waals surface area contributed by atoms with Crippen LogP contribution in [-0.4, -0.2) is 40.3 Å². The van der Waals surface area contributed by atoms with Crippen LogP contribution in [0.3, 0.4) is 0 Å². The van der Waals surface area contributed by atoms with Crippen LogP contribution in [0.15, 0.2) is 12.1 Å². The van der Waals surface area contributed by atoms with Gasteiger partial charge in [-0.1, -0.05) is 0 Å². The number of likely N-dealkylation sites (tertiary alicyclic amines) is 1. The minimum atomic E-state index is -0.550. The van der Waals surface area contributed by atoms with E-state index < -0.39 is 4.92 Å². The van der Waals surface area contributed by atoms with E-state index in [1.807, 2.05) is 0 Å². The predicted octanol–water partition coefficient (Wildman–Crippen LogP) is 0.606. The Morgan fingerprint density at radius 3 is 2.79 bits per heavy atom. The van der Waals surface area contributed by atoms with Crippen LogP contribution in [0.1, 0.15) is 12.8 Å². The SMILES string of the molecule is Nc1cc([N+](=O)[O-])cc(NCC(=O)N2CCCC2)n1. The molecule has 0 unspecified atom stereocenters. The van der Waals surface area contributed by atoms with Gasteiger partial charge in [0.2, 0.25) is 5.91 Å². The summed E-state index contributed by atoms with van der Waals surface area (Å²) in [6.45, 7) is 1.60. The van der Waals surface area contributed by atoms with Gasteiger partial charge in [-0.3, -0.25) is 14.9 Å². The van der Waals surface area contributed by atoms with E-state index in [4.69, 9.17) is 5.73 Å². The molecule has 0 radical (unpaired) electrons. The lowest BCUT2D eigenvalue weighted by Gasteiger charge is -2.15. The summed E-state index contributed by atoms with van der Waals surface area (Å²) >= 11 is 0. The molecule has 8 nitrogen and oxygen atoms in total. The number of nitrogens with zero attached hydrogens (tertiary/aromatic N) is 3. The van der Waals surface area contributed by atoms with Crippen LogP contribution in [0.4, 0.5) is 17.3 Å². The third-order valence-electron chi connectivity index (χ3n) is 2.92. The lowest BCUT2D eigenvalue weighted by Crippen LogP contribution is -2.33. The van der Waals surface area contributed by atoms with Crippen molar-refractivity contribution >= 4 is 23.2 Å². The second-order valence-electron chi connectivity index (χ2n) is 4.33. The van der Waals surface area contributed by atoms with E-state index in [1.165, 1.54) is 12.1 Å². The van der Waals surface area contributed by atoms with Crippen molar-refractivity contribution in [1.82, 2.24) is 9.88 Å². The molecule has 2 rings (SSSR count). The van der Waals surface area contributed by atoms with Crippen molar-refractivity contribution in [1.29, 1.82) is 0 Å². The second kappa shape index (κ2) is 5.51. The number of aromatic nitrogens is 1. The number of nitrogens with two attached hydrogens (primary N) is 1. The molecule has 0 atom stereocenters. The number of carbonyl (C=O) groups is 1. The van der Waals surface area contributed by atoms with Gasteiger partial charge in [0.25, 0.3) is 5.69 Å². The number of rotatable bonds is 4. The molecule has 2 heterocycles. The summed E-state index contributed by atoms with van der Waals surface area (Å²) in [5.41, 5.74) is 5.33. The monoisotopic (exact) mass is 265 g/mol. The van der Waals surface area contributed by atoms with Gasteiger partial charge < -0.3 is 16.0 Å². The summed E-state index contributed by atoms with van der Waals surface area (Å²) in [6.07, 6.45) is 2.04. The first-order valence-electron chi connectivity index (χ1n) is 6.00. The predicted molar refractivity (Wildman–Crippen MR) is 69.6 cm³/mol. The van der Waals surface area contributed by atoms with Crippen LogP contribution < -0.4 is 11.1 Å². The van der Waals surface area contributed by atoms with Crippen molar-refractivity contribution in [2.75, 3.05) is 30.7 Å². The fraction of sp³-hybridized carbons (Fsp3) is 0.455. The number of pyridine rings is 1. The molecule has 1 saturated heterocycles. The van der Waals surface area contributed by atoms with Gasteiger partial charge in [-0.15, -0.1) is 0 Å². The van der Waals surface area contributed by atoms with E-state index >= 15 is 0 Å². The quantitative estimate of drug-likeness (QED) is 0.608. The van der Waals surface area contributed by atoms with Crippen LogP contribution in [0.2, 0.25) is 0 Å². The van der Waals surface area contributed by atoms with E-state index in [0.29, 0.717) is 0 Å². The van der Waals surface area contributed by atoms with Gasteiger partial charge in [0.15, 0.2) is 0 Å². The standard InChI is InChI=1S/C11H15N5O3/c12-9-5-8(16(18)19)6-10(14-9)13-7-11(17)15-3-1-2-4-15/h5-6H,1-4,7H2,(H3,12,13,14). The molecule has 0 spiro atoms. The van der Waals surface area contributed by atoms with Crippen LogP contribution in [0.5, 0.6) is 0 Å². The highest BCUT2D eigenvalue weighted by Crippen LogP contribution is 2.18. The largest absolute Gasteiger partial charge is 0.383 e. The maximum atomic E-state index is 11.8. The first-order chi connectivity index (χ1) is 9.06. The first-order valence-corrected chi connectivity index (χ1v) is 6.00. The Morgan fingerprint density at radius 2 is 2.16 bits per heavy atom. The summed E-state index contributed by atoms with van der Waals surface area (Å²) in [5, 5.41) is 13.4. The minimum absolute atomic E-state index is 0.0376. The van der Waals surface area contributed by atoms with Gasteiger partial charge in [-0.25, -0.2) is 4.98 Å². The fourth-order valence-corrected chi connectivity index (χ4v) is 1.98. The highest BCUT2D eigenvalue weighted by Gasteiger charge is 2.18. The highest BCUT2D eigenvalue weighted by atomic mass is 16.6. The Hall–Kier alpha value is -2.38. The van der Waals surface area contributed by atoms with Gasteiger partial charge >= 0.3 is 0 Å². The van der Waals surface area contributed by atoms with Crippen molar-refractivity contribution in [2.45, 2.75) is 12.8 Å². The molecule has 1 aliphatic rings. The summed E-state index contributed by atoms with van der Waals surface area (Å²) in [5.74, 6) is 0.244. The van der Waals surface area contributed by atoms with Gasteiger partial charge in [-0.05, 0) is 12.8 Å². The van der Waals surface area contributed by atoms with Crippen LogP contribution >= 0.6 is 0 Å². The number of hydrogen-bond donors (Lipinski definition) is 2. The molecule has 0 aromatic carbocycles. The molecule has 1 aromatic rings. The Kier molecular flexibility index (Phi) is 3.79. The Morgan fingerprint density at radius 1 is 1.47 bits per heavy atom. The number of carbonyl (C=O) groups excluding carboxylic acids is 1. The molecule has 0 aliphatic carbocycles. The average molecular weight is 265 g/mol. The zero-order valence-corrected chi connectivity index (χ0v) is 10.3. The molecule has 1 fully saturated rings. The van der Waals surface area contributed by atoms with E-state index in [1.54, 1.807) is 4.90 Å². The topological polar surface area (TPSA) is 114 Å².